The molecule has 0 bridgehead atoms. The Morgan fingerprint density at radius 2 is 1.88 bits per heavy atom. The maximum Gasteiger partial charge on any atom is 0.417 e. The predicted octanol–water partition coefficient (Wildman–Crippen LogP) is 4.32. The fourth-order valence-electron chi connectivity index (χ4n) is 2.22. The minimum atomic E-state index is -4.54. The number of benzene rings is 1. The van der Waals surface area contributed by atoms with Gasteiger partial charge in [0, 0.05) is 18.8 Å². The number of halogens is 4. The third-order valence-electron chi connectivity index (χ3n) is 3.46. The lowest BCUT2D eigenvalue weighted by molar-refractivity contribution is -0.137. The Hall–Kier alpha value is -2.22. The van der Waals surface area contributed by atoms with Crippen LogP contribution in [0.5, 0.6) is 0 Å². The molecule has 3 N–H and O–H groups in total. The fraction of sp³-hybridized carbons (Fsp3) is 0.333. The van der Waals surface area contributed by atoms with Crippen LogP contribution in [-0.2, 0) is 6.18 Å². The molecule has 2 rings (SSSR count). The average molecular weight is 360 g/mol. The first kappa shape index (κ1) is 18.1. The van der Waals surface area contributed by atoms with Gasteiger partial charge in [-0.25, -0.2) is 9.97 Å². The Bertz CT molecular complexity index is 717. The van der Waals surface area contributed by atoms with Gasteiger partial charge in [0.1, 0.15) is 12.0 Å². The zero-order chi connectivity index (χ0) is 17.9. The third-order valence-corrected chi connectivity index (χ3v) is 3.79. The van der Waals surface area contributed by atoms with Crippen LogP contribution in [-0.4, -0.2) is 23.1 Å². The fourth-order valence-corrected chi connectivity index (χ4v) is 2.44. The monoisotopic (exact) mass is 359 g/mol. The van der Waals surface area contributed by atoms with E-state index in [1.165, 1.54) is 18.5 Å². The summed E-state index contributed by atoms with van der Waals surface area (Å²) in [7, 11) is 0. The van der Waals surface area contributed by atoms with Crippen LogP contribution < -0.4 is 16.0 Å². The lowest BCUT2D eigenvalue weighted by Gasteiger charge is -2.22. The zero-order valence-electron chi connectivity index (χ0n) is 13.2. The summed E-state index contributed by atoms with van der Waals surface area (Å²) in [6, 6.07) is 3.52. The van der Waals surface area contributed by atoms with E-state index < -0.39 is 11.7 Å². The molecule has 0 fully saturated rings. The second-order valence-corrected chi connectivity index (χ2v) is 5.36. The largest absolute Gasteiger partial charge is 0.417 e. The van der Waals surface area contributed by atoms with Gasteiger partial charge in [0.15, 0.2) is 11.6 Å². The molecule has 24 heavy (non-hydrogen) atoms. The second kappa shape index (κ2) is 7.12. The SMILES string of the molecule is CCN(CC)c1ncnc(Nc2ccc(Cl)c(C(F)(F)F)c2)c1N. The summed E-state index contributed by atoms with van der Waals surface area (Å²) in [5.41, 5.74) is 5.59. The number of nitrogens with zero attached hydrogens (tertiary/aromatic N) is 3. The molecule has 0 atom stereocenters. The smallest absolute Gasteiger partial charge is 0.393 e. The van der Waals surface area contributed by atoms with Crippen molar-refractivity contribution in [3.8, 4) is 0 Å². The zero-order valence-corrected chi connectivity index (χ0v) is 13.9. The molecule has 1 aromatic carbocycles. The molecule has 0 amide bonds. The molecule has 0 saturated heterocycles. The topological polar surface area (TPSA) is 67.1 Å². The minimum Gasteiger partial charge on any atom is -0.393 e. The van der Waals surface area contributed by atoms with Gasteiger partial charge in [0.25, 0.3) is 0 Å². The lowest BCUT2D eigenvalue weighted by atomic mass is 10.2. The van der Waals surface area contributed by atoms with Crippen LogP contribution in [0.3, 0.4) is 0 Å². The van der Waals surface area contributed by atoms with Crippen molar-refractivity contribution in [2.24, 2.45) is 0 Å². The van der Waals surface area contributed by atoms with Gasteiger partial charge >= 0.3 is 6.18 Å². The summed E-state index contributed by atoms with van der Waals surface area (Å²) in [5, 5.41) is 2.43. The standard InChI is InChI=1S/C15H17ClF3N5/c1-3-24(4-2)14-12(20)13(21-8-22-14)23-9-5-6-11(16)10(7-9)15(17,18)19/h5-8H,3-4,20H2,1-2H3,(H,21,22,23). The average Bonchev–Trinajstić information content (AvgIpc) is 2.52. The third kappa shape index (κ3) is 3.81. The van der Waals surface area contributed by atoms with Crippen LogP contribution in [0.1, 0.15) is 19.4 Å². The van der Waals surface area contributed by atoms with E-state index in [4.69, 9.17) is 17.3 Å². The summed E-state index contributed by atoms with van der Waals surface area (Å²) >= 11 is 5.61. The number of nitrogen functional groups attached to an aromatic ring is 1. The summed E-state index contributed by atoms with van der Waals surface area (Å²) in [5.74, 6) is 0.768. The van der Waals surface area contributed by atoms with E-state index in [0.717, 1.165) is 6.07 Å². The van der Waals surface area contributed by atoms with Crippen LogP contribution in [0, 0.1) is 0 Å². The van der Waals surface area contributed by atoms with Gasteiger partial charge in [-0.1, -0.05) is 11.6 Å². The van der Waals surface area contributed by atoms with E-state index in [9.17, 15) is 13.2 Å². The molecule has 1 heterocycles. The van der Waals surface area contributed by atoms with Gasteiger partial charge in [-0.15, -0.1) is 0 Å². The quantitative estimate of drug-likeness (QED) is 0.832. The summed E-state index contributed by atoms with van der Waals surface area (Å²) in [6.45, 7) is 5.28. The number of alkyl halides is 3. The highest BCUT2D eigenvalue weighted by Crippen LogP contribution is 2.37. The molecule has 5 nitrogen and oxygen atoms in total. The molecule has 0 spiro atoms. The van der Waals surface area contributed by atoms with Crippen molar-refractivity contribution >= 4 is 34.6 Å². The van der Waals surface area contributed by atoms with Crippen molar-refractivity contribution in [2.75, 3.05) is 29.0 Å². The van der Waals surface area contributed by atoms with E-state index in [0.29, 0.717) is 18.9 Å². The van der Waals surface area contributed by atoms with Crippen molar-refractivity contribution in [2.45, 2.75) is 20.0 Å². The maximum absolute atomic E-state index is 12.9. The van der Waals surface area contributed by atoms with Crippen LogP contribution in [0.4, 0.5) is 36.2 Å². The number of hydrogen-bond acceptors (Lipinski definition) is 5. The van der Waals surface area contributed by atoms with Gasteiger partial charge < -0.3 is 16.0 Å². The van der Waals surface area contributed by atoms with Gasteiger partial charge in [0.05, 0.1) is 10.6 Å². The van der Waals surface area contributed by atoms with Crippen molar-refractivity contribution in [3.63, 3.8) is 0 Å². The summed E-state index contributed by atoms with van der Waals surface area (Å²) in [4.78, 5) is 10.1. The number of rotatable bonds is 5. The van der Waals surface area contributed by atoms with Gasteiger partial charge in [0.2, 0.25) is 0 Å². The molecule has 0 aliphatic heterocycles. The van der Waals surface area contributed by atoms with Crippen molar-refractivity contribution < 1.29 is 13.2 Å². The molecular weight excluding hydrogens is 343 g/mol. The Kier molecular flexibility index (Phi) is 5.38. The number of anilines is 4. The number of hydrogen-bond donors (Lipinski definition) is 2. The van der Waals surface area contributed by atoms with E-state index in [2.05, 4.69) is 15.3 Å². The van der Waals surface area contributed by atoms with E-state index >= 15 is 0 Å². The summed E-state index contributed by atoms with van der Waals surface area (Å²) < 4.78 is 38.8. The molecule has 9 heteroatoms. The molecule has 0 aliphatic rings. The van der Waals surface area contributed by atoms with E-state index in [1.807, 2.05) is 18.7 Å². The van der Waals surface area contributed by atoms with Gasteiger partial charge in [-0.05, 0) is 32.0 Å². The molecule has 1 aromatic heterocycles. The summed E-state index contributed by atoms with van der Waals surface area (Å²) in [6.07, 6.45) is -3.23. The maximum atomic E-state index is 12.9. The van der Waals surface area contributed by atoms with E-state index in [-0.39, 0.29) is 22.2 Å². The number of nitrogens with two attached hydrogens (primary N) is 1. The molecule has 130 valence electrons. The van der Waals surface area contributed by atoms with Crippen LogP contribution in [0.15, 0.2) is 24.5 Å². The molecule has 2 aromatic rings. The Balaban J connectivity index is 2.37. The molecule has 0 saturated carbocycles. The van der Waals surface area contributed by atoms with Crippen molar-refractivity contribution in [1.29, 1.82) is 0 Å². The first-order chi connectivity index (χ1) is 11.3. The molecular formula is C15H17ClF3N5. The molecule has 0 unspecified atom stereocenters. The normalized spacial score (nSPS) is 11.4. The molecule has 0 radical (unpaired) electrons. The van der Waals surface area contributed by atoms with E-state index in [1.54, 1.807) is 0 Å². The van der Waals surface area contributed by atoms with Crippen LogP contribution >= 0.6 is 11.6 Å². The Labute approximate surface area is 142 Å². The van der Waals surface area contributed by atoms with Gasteiger partial charge in [-0.3, -0.25) is 0 Å². The Morgan fingerprint density at radius 1 is 1.21 bits per heavy atom. The predicted molar refractivity (Wildman–Crippen MR) is 89.7 cm³/mol. The Morgan fingerprint density at radius 3 is 2.46 bits per heavy atom. The minimum absolute atomic E-state index is 0.183. The number of nitrogens with one attached hydrogen (secondary N) is 1. The van der Waals surface area contributed by atoms with Crippen LogP contribution in [0.2, 0.25) is 5.02 Å². The van der Waals surface area contributed by atoms with Crippen molar-refractivity contribution in [1.82, 2.24) is 9.97 Å². The lowest BCUT2D eigenvalue weighted by Crippen LogP contribution is -2.24. The highest BCUT2D eigenvalue weighted by molar-refractivity contribution is 6.31. The first-order valence-electron chi connectivity index (χ1n) is 7.27. The van der Waals surface area contributed by atoms with Crippen molar-refractivity contribution in [3.05, 3.63) is 35.1 Å². The number of aromatic nitrogens is 2. The first-order valence-corrected chi connectivity index (χ1v) is 7.64. The second-order valence-electron chi connectivity index (χ2n) is 4.95. The highest BCUT2D eigenvalue weighted by Gasteiger charge is 2.33. The highest BCUT2D eigenvalue weighted by atomic mass is 35.5. The van der Waals surface area contributed by atoms with Crippen LogP contribution in [0.25, 0.3) is 0 Å². The molecule has 0 aliphatic carbocycles. The van der Waals surface area contributed by atoms with Gasteiger partial charge in [-0.2, -0.15) is 13.2 Å².